The van der Waals surface area contributed by atoms with Crippen LogP contribution in [0.4, 0.5) is 5.69 Å². The highest BCUT2D eigenvalue weighted by Crippen LogP contribution is 2.12. The highest BCUT2D eigenvalue weighted by molar-refractivity contribution is 6.02. The number of non-ortho nitro benzene ring substituents is 1. The number of aromatic nitrogens is 1. The van der Waals surface area contributed by atoms with E-state index in [-0.39, 0.29) is 16.9 Å². The van der Waals surface area contributed by atoms with Gasteiger partial charge in [-0.1, -0.05) is 6.07 Å². The van der Waals surface area contributed by atoms with Crippen molar-refractivity contribution in [3.8, 4) is 0 Å². The molecule has 1 aromatic heterocycles. The van der Waals surface area contributed by atoms with Gasteiger partial charge < -0.3 is 10.4 Å². The first-order chi connectivity index (χ1) is 11.0. The van der Waals surface area contributed by atoms with Crippen LogP contribution >= 0.6 is 0 Å². The lowest BCUT2D eigenvalue weighted by Gasteiger charge is -2.06. The molecule has 0 saturated carbocycles. The summed E-state index contributed by atoms with van der Waals surface area (Å²) in [6, 6.07) is 8.09. The van der Waals surface area contributed by atoms with Crippen LogP contribution in [-0.2, 0) is 4.79 Å². The first kappa shape index (κ1) is 15.8. The summed E-state index contributed by atoms with van der Waals surface area (Å²) in [5.41, 5.74) is 0.120. The molecule has 0 radical (unpaired) electrons. The number of benzene rings is 1. The van der Waals surface area contributed by atoms with Crippen molar-refractivity contribution in [1.29, 1.82) is 0 Å². The molecule has 8 heteroatoms. The second-order valence-electron chi connectivity index (χ2n) is 4.41. The van der Waals surface area contributed by atoms with Gasteiger partial charge in [0.15, 0.2) is 0 Å². The van der Waals surface area contributed by atoms with Crippen molar-refractivity contribution in [2.75, 3.05) is 0 Å². The highest BCUT2D eigenvalue weighted by Gasteiger charge is 2.14. The standard InChI is InChI=1S/C15H11N3O5/c19-14(11-3-5-12(6-4-11)18(22)23)17-13(15(20)21)8-10-2-1-7-16-9-10/h1-9H,(H,17,19)(H,20,21)/b13-8+. The molecule has 2 aromatic rings. The number of carboxylic acid groups (broad SMARTS) is 1. The third-order valence-electron chi connectivity index (χ3n) is 2.81. The van der Waals surface area contributed by atoms with Gasteiger partial charge in [-0.05, 0) is 29.8 Å². The van der Waals surface area contributed by atoms with Crippen LogP contribution in [0, 0.1) is 10.1 Å². The van der Waals surface area contributed by atoms with Crippen LogP contribution in [0.5, 0.6) is 0 Å². The molecule has 0 spiro atoms. The number of amides is 1. The number of hydrogen-bond acceptors (Lipinski definition) is 5. The third-order valence-corrected chi connectivity index (χ3v) is 2.81. The van der Waals surface area contributed by atoms with Gasteiger partial charge in [0.05, 0.1) is 4.92 Å². The number of nitrogens with zero attached hydrogens (tertiary/aromatic N) is 2. The molecule has 116 valence electrons. The Bertz CT molecular complexity index is 769. The zero-order chi connectivity index (χ0) is 16.8. The molecule has 0 aliphatic rings. The summed E-state index contributed by atoms with van der Waals surface area (Å²) in [6.07, 6.45) is 4.24. The van der Waals surface area contributed by atoms with E-state index in [2.05, 4.69) is 10.3 Å². The van der Waals surface area contributed by atoms with Gasteiger partial charge in [-0.2, -0.15) is 0 Å². The van der Waals surface area contributed by atoms with Crippen LogP contribution < -0.4 is 5.32 Å². The Balaban J connectivity index is 2.20. The highest BCUT2D eigenvalue weighted by atomic mass is 16.6. The van der Waals surface area contributed by atoms with Crippen LogP contribution in [0.2, 0.25) is 0 Å². The minimum atomic E-state index is -1.32. The molecule has 0 unspecified atom stereocenters. The maximum absolute atomic E-state index is 12.0. The minimum Gasteiger partial charge on any atom is -0.477 e. The maximum Gasteiger partial charge on any atom is 0.352 e. The quantitative estimate of drug-likeness (QED) is 0.493. The first-order valence-electron chi connectivity index (χ1n) is 6.38. The Morgan fingerprint density at radius 1 is 1.22 bits per heavy atom. The first-order valence-corrected chi connectivity index (χ1v) is 6.38. The van der Waals surface area contributed by atoms with Crippen molar-refractivity contribution in [3.63, 3.8) is 0 Å². The van der Waals surface area contributed by atoms with Crippen LogP contribution in [0.25, 0.3) is 6.08 Å². The van der Waals surface area contributed by atoms with Crippen molar-refractivity contribution >= 4 is 23.6 Å². The Morgan fingerprint density at radius 3 is 2.43 bits per heavy atom. The van der Waals surface area contributed by atoms with Gasteiger partial charge in [-0.3, -0.25) is 19.9 Å². The summed E-state index contributed by atoms with van der Waals surface area (Å²) in [4.78, 5) is 37.1. The summed E-state index contributed by atoms with van der Waals surface area (Å²) < 4.78 is 0. The third kappa shape index (κ3) is 4.21. The van der Waals surface area contributed by atoms with E-state index in [1.165, 1.54) is 42.7 Å². The Hall–Kier alpha value is -3.55. The number of hydrogen-bond donors (Lipinski definition) is 2. The minimum absolute atomic E-state index is 0.105. The summed E-state index contributed by atoms with van der Waals surface area (Å²) in [5, 5.41) is 22.0. The molecular formula is C15H11N3O5. The largest absolute Gasteiger partial charge is 0.477 e. The van der Waals surface area contributed by atoms with Crippen molar-refractivity contribution in [1.82, 2.24) is 10.3 Å². The Morgan fingerprint density at radius 2 is 1.91 bits per heavy atom. The number of nitro groups is 1. The topological polar surface area (TPSA) is 122 Å². The molecule has 1 amide bonds. The second-order valence-corrected chi connectivity index (χ2v) is 4.41. The average Bonchev–Trinajstić information content (AvgIpc) is 2.55. The van der Waals surface area contributed by atoms with Crippen molar-refractivity contribution in [2.45, 2.75) is 0 Å². The lowest BCUT2D eigenvalue weighted by molar-refractivity contribution is -0.384. The SMILES string of the molecule is O=C(O)/C(=C\c1cccnc1)NC(=O)c1ccc([N+](=O)[O-])cc1. The molecule has 0 bridgehead atoms. The molecule has 1 heterocycles. The molecule has 0 saturated heterocycles. The zero-order valence-electron chi connectivity index (χ0n) is 11.7. The van der Waals surface area contributed by atoms with Crippen molar-refractivity contribution in [2.24, 2.45) is 0 Å². The molecule has 0 aliphatic heterocycles. The van der Waals surface area contributed by atoms with Gasteiger partial charge in [-0.15, -0.1) is 0 Å². The number of nitro benzene ring substituents is 1. The monoisotopic (exact) mass is 313 g/mol. The average molecular weight is 313 g/mol. The lowest BCUT2D eigenvalue weighted by atomic mass is 10.2. The van der Waals surface area contributed by atoms with Crippen LogP contribution in [0.3, 0.4) is 0 Å². The second kappa shape index (κ2) is 6.94. The number of carboxylic acids is 1. The van der Waals surface area contributed by atoms with Gasteiger partial charge in [0.2, 0.25) is 0 Å². The molecular weight excluding hydrogens is 302 g/mol. The fourth-order valence-electron chi connectivity index (χ4n) is 1.71. The summed E-state index contributed by atoms with van der Waals surface area (Å²) in [5.74, 6) is -2.00. The fraction of sp³-hybridized carbons (Fsp3) is 0. The molecule has 2 rings (SSSR count). The van der Waals surface area contributed by atoms with Gasteiger partial charge in [0.1, 0.15) is 5.70 Å². The molecule has 0 atom stereocenters. The normalized spacial score (nSPS) is 10.9. The fourth-order valence-corrected chi connectivity index (χ4v) is 1.71. The molecule has 1 aromatic carbocycles. The molecule has 8 nitrogen and oxygen atoms in total. The van der Waals surface area contributed by atoms with E-state index < -0.39 is 16.8 Å². The smallest absolute Gasteiger partial charge is 0.352 e. The van der Waals surface area contributed by atoms with E-state index in [4.69, 9.17) is 5.11 Å². The van der Waals surface area contributed by atoms with E-state index in [1.807, 2.05) is 0 Å². The van der Waals surface area contributed by atoms with Crippen molar-refractivity contribution in [3.05, 3.63) is 75.7 Å². The Labute approximate surface area is 130 Å². The number of pyridine rings is 1. The summed E-state index contributed by atoms with van der Waals surface area (Å²) in [7, 11) is 0. The number of carbonyl (C=O) groups excluding carboxylic acids is 1. The van der Waals surface area contributed by atoms with E-state index in [0.29, 0.717) is 5.56 Å². The summed E-state index contributed by atoms with van der Waals surface area (Å²) >= 11 is 0. The number of carbonyl (C=O) groups is 2. The molecule has 23 heavy (non-hydrogen) atoms. The number of nitrogens with one attached hydrogen (secondary N) is 1. The molecule has 0 aliphatic carbocycles. The van der Waals surface area contributed by atoms with E-state index in [1.54, 1.807) is 12.1 Å². The maximum atomic E-state index is 12.0. The van der Waals surface area contributed by atoms with E-state index in [9.17, 15) is 19.7 Å². The van der Waals surface area contributed by atoms with Crippen LogP contribution in [-0.4, -0.2) is 26.9 Å². The Kier molecular flexibility index (Phi) is 4.78. The van der Waals surface area contributed by atoms with Gasteiger partial charge in [-0.25, -0.2) is 4.79 Å². The number of rotatable bonds is 5. The van der Waals surface area contributed by atoms with Crippen molar-refractivity contribution < 1.29 is 19.6 Å². The summed E-state index contributed by atoms with van der Waals surface area (Å²) in [6.45, 7) is 0. The molecule has 0 fully saturated rings. The lowest BCUT2D eigenvalue weighted by Crippen LogP contribution is -2.27. The van der Waals surface area contributed by atoms with Crippen LogP contribution in [0.15, 0.2) is 54.5 Å². The predicted octanol–water partition coefficient (Wildman–Crippen LogP) is 1.85. The van der Waals surface area contributed by atoms with Gasteiger partial charge >= 0.3 is 5.97 Å². The van der Waals surface area contributed by atoms with Gasteiger partial charge in [0.25, 0.3) is 11.6 Å². The predicted molar refractivity (Wildman–Crippen MR) is 80.4 cm³/mol. The number of aliphatic carboxylic acids is 1. The molecule has 2 N–H and O–H groups in total. The van der Waals surface area contributed by atoms with Gasteiger partial charge in [0, 0.05) is 30.1 Å². The van der Waals surface area contributed by atoms with E-state index >= 15 is 0 Å². The van der Waals surface area contributed by atoms with E-state index in [0.717, 1.165) is 0 Å². The zero-order valence-corrected chi connectivity index (χ0v) is 11.7. The van der Waals surface area contributed by atoms with Crippen LogP contribution in [0.1, 0.15) is 15.9 Å².